The summed E-state index contributed by atoms with van der Waals surface area (Å²) in [5.41, 5.74) is 1.60. The molecule has 1 aromatic carbocycles. The maximum atomic E-state index is 11.9. The molecule has 0 radical (unpaired) electrons. The van der Waals surface area contributed by atoms with Crippen LogP contribution in [0.25, 0.3) is 0 Å². The maximum Gasteiger partial charge on any atom is 0.204 e. The molecule has 1 aromatic heterocycles. The lowest BCUT2D eigenvalue weighted by Gasteiger charge is -2.02. The molecule has 0 aliphatic heterocycles. The molecule has 2 aromatic rings. The Morgan fingerprint density at radius 3 is 2.61 bits per heavy atom. The van der Waals surface area contributed by atoms with Crippen molar-refractivity contribution in [3.05, 3.63) is 53.0 Å². The summed E-state index contributed by atoms with van der Waals surface area (Å²) < 4.78 is 2.72. The smallest absolute Gasteiger partial charge is 0.204 e. The molecule has 0 saturated heterocycles. The highest BCUT2D eigenvalue weighted by molar-refractivity contribution is 5.71. The van der Waals surface area contributed by atoms with Gasteiger partial charge in [0, 0.05) is 12.1 Å². The van der Waals surface area contributed by atoms with Crippen LogP contribution in [0.15, 0.2) is 36.5 Å². The standard InChI is InChI=1S/C18H26N4O/c1-2-3-4-5-6-10-13-21-15-18(19-20-21)16-22(23)14-17-11-8-7-9-12-17/h7-9,11-12,15-16H,2-6,10,13-14H2,1H3/b22-16-. The van der Waals surface area contributed by atoms with Gasteiger partial charge in [0.1, 0.15) is 0 Å². The first-order valence-electron chi connectivity index (χ1n) is 8.50. The van der Waals surface area contributed by atoms with Gasteiger partial charge >= 0.3 is 0 Å². The third kappa shape index (κ3) is 6.63. The van der Waals surface area contributed by atoms with E-state index < -0.39 is 0 Å². The van der Waals surface area contributed by atoms with Crippen molar-refractivity contribution in [3.63, 3.8) is 0 Å². The van der Waals surface area contributed by atoms with Gasteiger partial charge in [0.05, 0.1) is 6.20 Å². The largest absolute Gasteiger partial charge is 0.623 e. The maximum absolute atomic E-state index is 11.9. The molecular formula is C18H26N4O. The molecule has 0 fully saturated rings. The van der Waals surface area contributed by atoms with E-state index in [0.29, 0.717) is 12.2 Å². The number of hydrogen-bond acceptors (Lipinski definition) is 3. The molecular weight excluding hydrogens is 288 g/mol. The molecule has 5 heteroatoms. The second kappa shape index (κ2) is 9.77. The summed E-state index contributed by atoms with van der Waals surface area (Å²) in [5.74, 6) is 0. The van der Waals surface area contributed by atoms with E-state index in [1.165, 1.54) is 38.3 Å². The van der Waals surface area contributed by atoms with Gasteiger partial charge in [-0.3, -0.25) is 4.68 Å². The Bertz CT molecular complexity index is 592. The van der Waals surface area contributed by atoms with Gasteiger partial charge in [-0.25, -0.2) is 4.74 Å². The minimum absolute atomic E-state index is 0.325. The monoisotopic (exact) mass is 314 g/mol. The predicted octanol–water partition coefficient (Wildman–Crippen LogP) is 3.77. The van der Waals surface area contributed by atoms with Crippen LogP contribution >= 0.6 is 0 Å². The van der Waals surface area contributed by atoms with Crippen molar-refractivity contribution in [3.8, 4) is 0 Å². The van der Waals surface area contributed by atoms with Crippen molar-refractivity contribution in [2.24, 2.45) is 0 Å². The van der Waals surface area contributed by atoms with Crippen LogP contribution in [0.4, 0.5) is 0 Å². The Morgan fingerprint density at radius 1 is 1.09 bits per heavy atom. The Kier molecular flexibility index (Phi) is 7.30. The van der Waals surface area contributed by atoms with Crippen LogP contribution in [0.5, 0.6) is 0 Å². The summed E-state index contributed by atoms with van der Waals surface area (Å²) in [7, 11) is 0. The number of benzene rings is 1. The third-order valence-electron chi connectivity index (χ3n) is 3.75. The molecule has 124 valence electrons. The lowest BCUT2D eigenvalue weighted by Crippen LogP contribution is -2.05. The van der Waals surface area contributed by atoms with Crippen molar-refractivity contribution in [1.29, 1.82) is 0 Å². The van der Waals surface area contributed by atoms with E-state index in [-0.39, 0.29) is 0 Å². The first-order valence-corrected chi connectivity index (χ1v) is 8.50. The lowest BCUT2D eigenvalue weighted by molar-refractivity contribution is -0.469. The molecule has 0 aliphatic rings. The average molecular weight is 314 g/mol. The van der Waals surface area contributed by atoms with Gasteiger partial charge < -0.3 is 5.21 Å². The van der Waals surface area contributed by atoms with Gasteiger partial charge in [0.2, 0.25) is 6.21 Å². The van der Waals surface area contributed by atoms with Crippen LogP contribution in [-0.2, 0) is 13.1 Å². The van der Waals surface area contributed by atoms with Crippen molar-refractivity contribution in [2.45, 2.75) is 58.5 Å². The molecule has 2 rings (SSSR count). The van der Waals surface area contributed by atoms with Crippen LogP contribution in [-0.4, -0.2) is 25.9 Å². The molecule has 0 saturated carbocycles. The molecule has 0 atom stereocenters. The van der Waals surface area contributed by atoms with Gasteiger partial charge in [-0.2, -0.15) is 0 Å². The molecule has 23 heavy (non-hydrogen) atoms. The fraction of sp³-hybridized carbons (Fsp3) is 0.500. The molecule has 0 spiro atoms. The van der Waals surface area contributed by atoms with Crippen LogP contribution in [0.1, 0.15) is 56.7 Å². The summed E-state index contributed by atoms with van der Waals surface area (Å²) in [6, 6.07) is 9.68. The number of aryl methyl sites for hydroxylation is 1. The van der Waals surface area contributed by atoms with Crippen molar-refractivity contribution < 1.29 is 4.74 Å². The Hall–Kier alpha value is -2.17. The minimum atomic E-state index is 0.325. The van der Waals surface area contributed by atoms with E-state index >= 15 is 0 Å². The topological polar surface area (TPSA) is 56.8 Å². The molecule has 0 N–H and O–H groups in total. The van der Waals surface area contributed by atoms with E-state index in [9.17, 15) is 5.21 Å². The number of rotatable bonds is 10. The Morgan fingerprint density at radius 2 is 1.83 bits per heavy atom. The Labute approximate surface area is 138 Å². The number of unbranched alkanes of at least 4 members (excludes halogenated alkanes) is 5. The van der Waals surface area contributed by atoms with E-state index in [1.807, 2.05) is 41.2 Å². The van der Waals surface area contributed by atoms with E-state index in [1.54, 1.807) is 0 Å². The molecule has 0 bridgehead atoms. The molecule has 1 heterocycles. The second-order valence-electron chi connectivity index (χ2n) is 5.86. The van der Waals surface area contributed by atoms with Crippen LogP contribution in [0.3, 0.4) is 0 Å². The van der Waals surface area contributed by atoms with Crippen LogP contribution < -0.4 is 0 Å². The number of aromatic nitrogens is 3. The first kappa shape index (κ1) is 17.2. The lowest BCUT2D eigenvalue weighted by atomic mass is 10.1. The van der Waals surface area contributed by atoms with Crippen molar-refractivity contribution >= 4 is 6.21 Å². The fourth-order valence-corrected chi connectivity index (χ4v) is 2.49. The van der Waals surface area contributed by atoms with E-state index in [4.69, 9.17) is 0 Å². The van der Waals surface area contributed by atoms with Gasteiger partial charge in [-0.1, -0.05) is 74.6 Å². The second-order valence-corrected chi connectivity index (χ2v) is 5.86. The third-order valence-corrected chi connectivity index (χ3v) is 3.75. The molecule has 0 aliphatic carbocycles. The predicted molar refractivity (Wildman–Crippen MR) is 92.3 cm³/mol. The number of hydroxylamine groups is 1. The summed E-state index contributed by atoms with van der Waals surface area (Å²) >= 11 is 0. The van der Waals surface area contributed by atoms with E-state index in [2.05, 4.69) is 17.2 Å². The van der Waals surface area contributed by atoms with Gasteiger partial charge in [0.25, 0.3) is 0 Å². The summed E-state index contributed by atoms with van der Waals surface area (Å²) in [4.78, 5) is 0. The average Bonchev–Trinajstić information content (AvgIpc) is 2.99. The van der Waals surface area contributed by atoms with Crippen molar-refractivity contribution in [2.75, 3.05) is 0 Å². The zero-order valence-corrected chi connectivity index (χ0v) is 13.9. The zero-order chi connectivity index (χ0) is 16.3. The normalized spacial score (nSPS) is 11.8. The molecule has 0 amide bonds. The number of hydrogen-bond donors (Lipinski definition) is 0. The number of nitrogens with zero attached hydrogens (tertiary/aromatic N) is 4. The minimum Gasteiger partial charge on any atom is -0.623 e. The zero-order valence-electron chi connectivity index (χ0n) is 13.9. The van der Waals surface area contributed by atoms with Gasteiger partial charge in [-0.15, -0.1) is 5.10 Å². The quantitative estimate of drug-likeness (QED) is 0.220. The SMILES string of the molecule is CCCCCCCCn1cc(/C=[N+](\[O-])Cc2ccccc2)nn1. The van der Waals surface area contributed by atoms with Gasteiger partial charge in [0.15, 0.2) is 12.2 Å². The molecule has 0 unspecified atom stereocenters. The first-order chi connectivity index (χ1) is 11.3. The van der Waals surface area contributed by atoms with Crippen molar-refractivity contribution in [1.82, 2.24) is 15.0 Å². The Balaban J connectivity index is 1.76. The van der Waals surface area contributed by atoms with E-state index in [0.717, 1.165) is 23.3 Å². The fourth-order valence-electron chi connectivity index (χ4n) is 2.49. The summed E-state index contributed by atoms with van der Waals surface area (Å²) in [6.45, 7) is 3.42. The van der Waals surface area contributed by atoms with Gasteiger partial charge in [-0.05, 0) is 6.42 Å². The highest BCUT2D eigenvalue weighted by Gasteiger charge is 2.03. The highest BCUT2D eigenvalue weighted by atomic mass is 16.5. The summed E-state index contributed by atoms with van der Waals surface area (Å²) in [6.07, 6.45) is 10.9. The van der Waals surface area contributed by atoms with Crippen LogP contribution in [0, 0.1) is 5.21 Å². The highest BCUT2D eigenvalue weighted by Crippen LogP contribution is 2.06. The van der Waals surface area contributed by atoms with Crippen LogP contribution in [0.2, 0.25) is 0 Å². The molecule has 5 nitrogen and oxygen atoms in total. The summed E-state index contributed by atoms with van der Waals surface area (Å²) in [5, 5.41) is 20.1.